The van der Waals surface area contributed by atoms with E-state index in [0.717, 1.165) is 11.7 Å². The van der Waals surface area contributed by atoms with Gasteiger partial charge in [-0.05, 0) is 29.8 Å². The molecule has 0 amide bonds. The highest BCUT2D eigenvalue weighted by Gasteiger charge is 2.25. The van der Waals surface area contributed by atoms with Crippen LogP contribution < -0.4 is 17.0 Å². The number of hydrogen-bond acceptors (Lipinski definition) is 8. The number of nitrogen functional groups attached to an aromatic ring is 1. The second-order valence-electron chi connectivity index (χ2n) is 7.09. The number of hydrogen-bond donors (Lipinski definition) is 1. The minimum Gasteiger partial charge on any atom is -0.468 e. The number of methoxy groups -OCH3 is 1. The predicted octanol–water partition coefficient (Wildman–Crippen LogP) is 1.51. The van der Waals surface area contributed by atoms with Crippen molar-refractivity contribution in [2.45, 2.75) is 13.1 Å². The number of carbonyl (C=O) groups excluding carboxylic acids is 3. The molecule has 34 heavy (non-hydrogen) atoms. The molecule has 2 N–H and O–H groups in total. The van der Waals surface area contributed by atoms with Gasteiger partial charge in [0, 0.05) is 5.02 Å². The number of anilines is 1. The summed E-state index contributed by atoms with van der Waals surface area (Å²) in [6, 6.07) is 14.5. The molecule has 11 heteroatoms. The SMILES string of the molecule is COC(=O)Cn1c(=O)c(C(=O)COC(=O)c2ccc(Cl)cc2)c(N)n(Cc2ccccc2)c1=O. The summed E-state index contributed by atoms with van der Waals surface area (Å²) in [4.78, 5) is 62.8. The van der Waals surface area contributed by atoms with Crippen LogP contribution in [0.4, 0.5) is 5.82 Å². The highest BCUT2D eigenvalue weighted by molar-refractivity contribution is 6.30. The quantitative estimate of drug-likeness (QED) is 0.374. The molecular formula is C23H20ClN3O7. The molecule has 2 aromatic carbocycles. The minimum absolute atomic E-state index is 0.0716. The van der Waals surface area contributed by atoms with Crippen LogP contribution in [-0.2, 0) is 27.4 Å². The molecule has 0 unspecified atom stereocenters. The van der Waals surface area contributed by atoms with Crippen LogP contribution in [0.25, 0.3) is 0 Å². The van der Waals surface area contributed by atoms with Crippen molar-refractivity contribution in [2.24, 2.45) is 0 Å². The van der Waals surface area contributed by atoms with Gasteiger partial charge in [-0.25, -0.2) is 14.2 Å². The number of ether oxygens (including phenoxy) is 2. The Bertz CT molecular complexity index is 1350. The maximum atomic E-state index is 13.0. The fraction of sp³-hybridized carbons (Fsp3) is 0.174. The van der Waals surface area contributed by atoms with Gasteiger partial charge in [-0.15, -0.1) is 0 Å². The summed E-state index contributed by atoms with van der Waals surface area (Å²) >= 11 is 5.79. The monoisotopic (exact) mass is 485 g/mol. The highest BCUT2D eigenvalue weighted by Crippen LogP contribution is 2.12. The van der Waals surface area contributed by atoms with Crippen LogP contribution in [0.3, 0.4) is 0 Å². The molecule has 176 valence electrons. The summed E-state index contributed by atoms with van der Waals surface area (Å²) < 4.78 is 11.1. The van der Waals surface area contributed by atoms with Crippen molar-refractivity contribution in [3.8, 4) is 0 Å². The van der Waals surface area contributed by atoms with Crippen molar-refractivity contribution in [3.63, 3.8) is 0 Å². The highest BCUT2D eigenvalue weighted by atomic mass is 35.5. The lowest BCUT2D eigenvalue weighted by atomic mass is 10.1. The molecule has 1 heterocycles. The van der Waals surface area contributed by atoms with Crippen LogP contribution in [0.15, 0.2) is 64.2 Å². The first-order valence-electron chi connectivity index (χ1n) is 9.92. The van der Waals surface area contributed by atoms with Gasteiger partial charge in [0.2, 0.25) is 5.78 Å². The fourth-order valence-electron chi connectivity index (χ4n) is 3.10. The Kier molecular flexibility index (Phi) is 7.64. The van der Waals surface area contributed by atoms with Crippen LogP contribution in [0.1, 0.15) is 26.3 Å². The number of rotatable bonds is 8. The first-order chi connectivity index (χ1) is 16.2. The Labute approximate surface area is 198 Å². The van der Waals surface area contributed by atoms with E-state index in [1.54, 1.807) is 30.3 Å². The van der Waals surface area contributed by atoms with E-state index in [-0.39, 0.29) is 12.1 Å². The molecule has 10 nitrogen and oxygen atoms in total. The van der Waals surface area contributed by atoms with E-state index in [1.165, 1.54) is 24.3 Å². The first-order valence-corrected chi connectivity index (χ1v) is 10.3. The second-order valence-corrected chi connectivity index (χ2v) is 7.52. The zero-order chi connectivity index (χ0) is 24.8. The van der Waals surface area contributed by atoms with Crippen molar-refractivity contribution in [2.75, 3.05) is 19.5 Å². The van der Waals surface area contributed by atoms with Crippen molar-refractivity contribution < 1.29 is 23.9 Å². The smallest absolute Gasteiger partial charge is 0.338 e. The van der Waals surface area contributed by atoms with E-state index in [4.69, 9.17) is 22.1 Å². The fourth-order valence-corrected chi connectivity index (χ4v) is 3.23. The zero-order valence-corrected chi connectivity index (χ0v) is 18.8. The lowest BCUT2D eigenvalue weighted by Crippen LogP contribution is -2.46. The van der Waals surface area contributed by atoms with Crippen molar-refractivity contribution in [3.05, 3.63) is 97.1 Å². The average molecular weight is 486 g/mol. The summed E-state index contributed by atoms with van der Waals surface area (Å²) in [5, 5.41) is 0.409. The van der Waals surface area contributed by atoms with Gasteiger partial charge < -0.3 is 15.2 Å². The van der Waals surface area contributed by atoms with E-state index in [2.05, 4.69) is 4.74 Å². The number of esters is 2. The molecule has 3 aromatic rings. The maximum Gasteiger partial charge on any atom is 0.338 e. The number of nitrogens with two attached hydrogens (primary N) is 1. The number of Topliss-reactive ketones (excluding diaryl/α,β-unsaturated/α-hetero) is 1. The van der Waals surface area contributed by atoms with Crippen molar-refractivity contribution in [1.82, 2.24) is 9.13 Å². The van der Waals surface area contributed by atoms with Crippen LogP contribution in [0.5, 0.6) is 0 Å². The van der Waals surface area contributed by atoms with E-state index in [9.17, 15) is 24.0 Å². The lowest BCUT2D eigenvalue weighted by molar-refractivity contribution is -0.141. The van der Waals surface area contributed by atoms with Gasteiger partial charge in [-0.3, -0.25) is 19.0 Å². The van der Waals surface area contributed by atoms with Gasteiger partial charge in [0.15, 0.2) is 6.61 Å². The Morgan fingerprint density at radius 3 is 2.24 bits per heavy atom. The van der Waals surface area contributed by atoms with Crippen LogP contribution in [0.2, 0.25) is 5.02 Å². The molecular weight excluding hydrogens is 466 g/mol. The minimum atomic E-state index is -1.09. The van der Waals surface area contributed by atoms with Gasteiger partial charge in [-0.2, -0.15) is 0 Å². The van der Waals surface area contributed by atoms with E-state index < -0.39 is 53.5 Å². The molecule has 0 saturated heterocycles. The third-order valence-corrected chi connectivity index (χ3v) is 5.11. The Hall–Kier alpha value is -4.18. The van der Waals surface area contributed by atoms with Gasteiger partial charge in [-0.1, -0.05) is 41.9 Å². The molecule has 0 aliphatic rings. The second kappa shape index (κ2) is 10.6. The Morgan fingerprint density at radius 2 is 1.62 bits per heavy atom. The topological polar surface area (TPSA) is 140 Å². The van der Waals surface area contributed by atoms with Gasteiger partial charge in [0.1, 0.15) is 17.9 Å². The molecule has 0 atom stereocenters. The van der Waals surface area contributed by atoms with Gasteiger partial charge >= 0.3 is 17.6 Å². The molecule has 0 aliphatic carbocycles. The third kappa shape index (κ3) is 5.41. The average Bonchev–Trinajstić information content (AvgIpc) is 2.84. The van der Waals surface area contributed by atoms with E-state index >= 15 is 0 Å². The molecule has 0 radical (unpaired) electrons. The summed E-state index contributed by atoms with van der Waals surface area (Å²) in [6.45, 7) is -1.62. The molecule has 3 rings (SSSR count). The Balaban J connectivity index is 1.98. The van der Waals surface area contributed by atoms with E-state index in [0.29, 0.717) is 15.2 Å². The maximum absolute atomic E-state index is 13.0. The Morgan fingerprint density at radius 1 is 0.971 bits per heavy atom. The number of aromatic nitrogens is 2. The molecule has 0 bridgehead atoms. The molecule has 0 fully saturated rings. The van der Waals surface area contributed by atoms with Crippen LogP contribution in [0, 0.1) is 0 Å². The summed E-state index contributed by atoms with van der Waals surface area (Å²) in [6.07, 6.45) is 0. The number of ketones is 1. The number of nitrogens with zero attached hydrogens (tertiary/aromatic N) is 2. The van der Waals surface area contributed by atoms with E-state index in [1.807, 2.05) is 0 Å². The lowest BCUT2D eigenvalue weighted by Gasteiger charge is -2.16. The van der Waals surface area contributed by atoms with Crippen LogP contribution in [-0.4, -0.2) is 40.6 Å². The number of benzene rings is 2. The normalized spacial score (nSPS) is 10.5. The molecule has 0 aliphatic heterocycles. The third-order valence-electron chi connectivity index (χ3n) is 4.86. The zero-order valence-electron chi connectivity index (χ0n) is 18.0. The van der Waals surface area contributed by atoms with Gasteiger partial charge in [0.25, 0.3) is 5.56 Å². The first kappa shape index (κ1) is 24.5. The van der Waals surface area contributed by atoms with Crippen molar-refractivity contribution in [1.29, 1.82) is 0 Å². The molecule has 0 spiro atoms. The van der Waals surface area contributed by atoms with Crippen LogP contribution >= 0.6 is 11.6 Å². The number of halogens is 1. The molecule has 1 aromatic heterocycles. The molecule has 0 saturated carbocycles. The largest absolute Gasteiger partial charge is 0.468 e. The summed E-state index contributed by atoms with van der Waals surface area (Å²) in [5.41, 5.74) is 4.29. The predicted molar refractivity (Wildman–Crippen MR) is 123 cm³/mol. The van der Waals surface area contributed by atoms with Gasteiger partial charge in [0.05, 0.1) is 19.2 Å². The van der Waals surface area contributed by atoms with Crippen molar-refractivity contribution >= 4 is 35.1 Å². The number of carbonyl (C=O) groups is 3. The summed E-state index contributed by atoms with van der Waals surface area (Å²) in [7, 11) is 1.09. The standard InChI is InChI=1S/C23H20ClN3O7/c1-33-18(29)12-27-21(30)19(17(28)13-34-22(31)15-7-9-16(24)10-8-15)20(25)26(23(27)32)11-14-5-3-2-4-6-14/h2-10H,11-13,25H2,1H3. The summed E-state index contributed by atoms with van der Waals surface area (Å²) in [5.74, 6) is -3.04.